The van der Waals surface area contributed by atoms with Crippen LogP contribution in [-0.4, -0.2) is 24.9 Å². The standard InChI is InChI=1S/C23H15N5O.Cd/c1-2-15-10-17-5-6-19(27-17)13-22-21(23-24-7-8-29-23)12-20(28-22)11-18-4-3-16(26-18)9-14(1)25-15;/h1-13,25,28H;. The van der Waals surface area contributed by atoms with Gasteiger partial charge in [0.2, 0.25) is 5.89 Å². The van der Waals surface area contributed by atoms with Gasteiger partial charge in [0.1, 0.15) is 6.26 Å². The summed E-state index contributed by atoms with van der Waals surface area (Å²) in [6.07, 6.45) is 11.2. The molecule has 4 aromatic rings. The molecular formula is C23H15CdN5O. The van der Waals surface area contributed by atoms with Gasteiger partial charge in [-0.3, -0.25) is 0 Å². The summed E-state index contributed by atoms with van der Waals surface area (Å²) in [6.45, 7) is 0. The molecule has 0 saturated carbocycles. The van der Waals surface area contributed by atoms with Crippen LogP contribution in [0.15, 0.2) is 59.3 Å². The van der Waals surface area contributed by atoms with Crippen molar-refractivity contribution in [2.24, 2.45) is 0 Å². The fourth-order valence-electron chi connectivity index (χ4n) is 3.55. The number of oxazole rings is 1. The number of nitrogens with zero attached hydrogens (tertiary/aromatic N) is 3. The van der Waals surface area contributed by atoms with E-state index in [2.05, 4.69) is 19.9 Å². The molecule has 0 radical (unpaired) electrons. The second kappa shape index (κ2) is 7.53. The van der Waals surface area contributed by atoms with Crippen molar-refractivity contribution in [1.82, 2.24) is 24.9 Å². The molecule has 2 aliphatic rings. The first-order valence-corrected chi connectivity index (χ1v) is 9.27. The van der Waals surface area contributed by atoms with E-state index in [9.17, 15) is 0 Å². The first-order chi connectivity index (χ1) is 14.3. The minimum absolute atomic E-state index is 0. The maximum atomic E-state index is 5.53. The Morgan fingerprint density at radius 1 is 0.667 bits per heavy atom. The Kier molecular flexibility index (Phi) is 4.70. The SMILES string of the molecule is C1=Cc2cc3cc(-c4ncco4)c(cc4nc(cc5ccc(cc1n2)[nH]5)C=C4)[nH]3.[Cd]. The van der Waals surface area contributed by atoms with Crippen LogP contribution < -0.4 is 0 Å². The average Bonchev–Trinajstić information content (AvgIpc) is 3.50. The van der Waals surface area contributed by atoms with Gasteiger partial charge in [-0.1, -0.05) is 0 Å². The molecule has 6 rings (SSSR count). The maximum absolute atomic E-state index is 5.53. The molecule has 7 heteroatoms. The third kappa shape index (κ3) is 3.54. The van der Waals surface area contributed by atoms with Crippen LogP contribution in [0.2, 0.25) is 0 Å². The molecule has 8 bridgehead atoms. The van der Waals surface area contributed by atoms with E-state index < -0.39 is 0 Å². The van der Waals surface area contributed by atoms with E-state index in [1.165, 1.54) is 0 Å². The van der Waals surface area contributed by atoms with Gasteiger partial charge in [0.05, 0.1) is 40.1 Å². The van der Waals surface area contributed by atoms with Crippen LogP contribution in [0.1, 0.15) is 22.8 Å². The smallest absolute Gasteiger partial charge is 0.228 e. The predicted octanol–water partition coefficient (Wildman–Crippen LogP) is 5.31. The van der Waals surface area contributed by atoms with Gasteiger partial charge < -0.3 is 14.4 Å². The van der Waals surface area contributed by atoms with Crippen molar-refractivity contribution in [1.29, 1.82) is 0 Å². The van der Waals surface area contributed by atoms with Crippen molar-refractivity contribution in [3.05, 3.63) is 77.7 Å². The summed E-state index contributed by atoms with van der Waals surface area (Å²) < 4.78 is 5.53. The van der Waals surface area contributed by atoms with E-state index in [4.69, 9.17) is 9.40 Å². The van der Waals surface area contributed by atoms with Crippen molar-refractivity contribution < 1.29 is 31.7 Å². The van der Waals surface area contributed by atoms with E-state index in [1.807, 2.05) is 66.8 Å². The molecule has 2 N–H and O–H groups in total. The molecule has 0 saturated heterocycles. The molecular weight excluding hydrogens is 475 g/mol. The zero-order chi connectivity index (χ0) is 19.2. The average molecular weight is 490 g/mol. The minimum atomic E-state index is 0. The molecule has 2 aliphatic heterocycles. The zero-order valence-electron chi connectivity index (χ0n) is 16.0. The minimum Gasteiger partial charge on any atom is -0.444 e. The fourth-order valence-corrected chi connectivity index (χ4v) is 3.55. The van der Waals surface area contributed by atoms with Gasteiger partial charge in [-0.15, -0.1) is 0 Å². The van der Waals surface area contributed by atoms with Crippen LogP contribution in [0.3, 0.4) is 0 Å². The predicted molar refractivity (Wildman–Crippen MR) is 114 cm³/mol. The summed E-state index contributed by atoms with van der Waals surface area (Å²) in [5.41, 5.74) is 8.20. The van der Waals surface area contributed by atoms with Crippen LogP contribution in [0.4, 0.5) is 0 Å². The molecule has 0 atom stereocenters. The van der Waals surface area contributed by atoms with E-state index in [0.717, 1.165) is 50.4 Å². The second-order valence-electron chi connectivity index (χ2n) is 6.93. The van der Waals surface area contributed by atoms with Crippen molar-refractivity contribution in [2.45, 2.75) is 0 Å². The number of H-pyrrole nitrogens is 2. The molecule has 0 unspecified atom stereocenters. The van der Waals surface area contributed by atoms with Gasteiger partial charge >= 0.3 is 0 Å². The number of aromatic amines is 2. The quantitative estimate of drug-likeness (QED) is 0.307. The van der Waals surface area contributed by atoms with Crippen molar-refractivity contribution in [3.8, 4) is 11.5 Å². The normalized spacial score (nSPS) is 12.1. The Labute approximate surface area is 191 Å². The summed E-state index contributed by atoms with van der Waals surface area (Å²) in [5, 5.41) is 0. The second-order valence-corrected chi connectivity index (χ2v) is 6.93. The third-order valence-corrected chi connectivity index (χ3v) is 4.83. The number of fused-ring (bicyclic) bond motifs is 8. The van der Waals surface area contributed by atoms with Gasteiger partial charge in [-0.25, -0.2) is 15.0 Å². The van der Waals surface area contributed by atoms with Crippen LogP contribution in [0.5, 0.6) is 0 Å². The summed E-state index contributed by atoms with van der Waals surface area (Å²) in [7, 11) is 0. The van der Waals surface area contributed by atoms with Crippen molar-refractivity contribution >= 4 is 46.4 Å². The van der Waals surface area contributed by atoms with Gasteiger partial charge in [-0.2, -0.15) is 0 Å². The fraction of sp³-hybridized carbons (Fsp3) is 0. The van der Waals surface area contributed by atoms with Crippen molar-refractivity contribution in [3.63, 3.8) is 0 Å². The Morgan fingerprint density at radius 3 is 1.87 bits per heavy atom. The Morgan fingerprint density at radius 2 is 1.27 bits per heavy atom. The monoisotopic (exact) mass is 491 g/mol. The van der Waals surface area contributed by atoms with E-state index >= 15 is 0 Å². The maximum Gasteiger partial charge on any atom is 0.228 e. The Balaban J connectivity index is 0.00000193. The topological polar surface area (TPSA) is 83.4 Å². The number of hydrogen-bond donors (Lipinski definition) is 2. The van der Waals surface area contributed by atoms with Crippen LogP contribution >= 0.6 is 0 Å². The molecule has 0 fully saturated rings. The number of rotatable bonds is 1. The summed E-state index contributed by atoms with van der Waals surface area (Å²) in [6, 6.07) is 14.1. The number of nitrogens with one attached hydrogen (secondary N) is 2. The molecule has 4 aromatic heterocycles. The van der Waals surface area contributed by atoms with Crippen LogP contribution in [0, 0.1) is 0 Å². The van der Waals surface area contributed by atoms with Gasteiger partial charge in [0.25, 0.3) is 0 Å². The molecule has 140 valence electrons. The van der Waals surface area contributed by atoms with Gasteiger partial charge in [0.15, 0.2) is 0 Å². The first-order valence-electron chi connectivity index (χ1n) is 9.27. The summed E-state index contributed by atoms with van der Waals surface area (Å²) >= 11 is 0. The van der Waals surface area contributed by atoms with E-state index in [1.54, 1.807) is 12.5 Å². The van der Waals surface area contributed by atoms with Crippen molar-refractivity contribution in [2.75, 3.05) is 0 Å². The molecule has 30 heavy (non-hydrogen) atoms. The summed E-state index contributed by atoms with van der Waals surface area (Å²) in [5.74, 6) is 0.562. The number of hydrogen-bond acceptors (Lipinski definition) is 4. The molecule has 6 nitrogen and oxygen atoms in total. The largest absolute Gasteiger partial charge is 0.444 e. The third-order valence-electron chi connectivity index (χ3n) is 4.83. The molecule has 0 aliphatic carbocycles. The van der Waals surface area contributed by atoms with Crippen LogP contribution in [0.25, 0.3) is 57.8 Å². The Bertz CT molecular complexity index is 1460. The zero-order valence-corrected chi connectivity index (χ0v) is 20.0. The van der Waals surface area contributed by atoms with E-state index in [-0.39, 0.29) is 27.3 Å². The molecule has 0 amide bonds. The Hall–Kier alpha value is -3.27. The molecule has 0 spiro atoms. The number of aromatic nitrogens is 5. The molecule has 0 aromatic carbocycles. The first kappa shape index (κ1) is 18.7. The van der Waals surface area contributed by atoms with Gasteiger partial charge in [-0.05, 0) is 66.8 Å². The van der Waals surface area contributed by atoms with E-state index in [0.29, 0.717) is 5.89 Å². The summed E-state index contributed by atoms with van der Waals surface area (Å²) in [4.78, 5) is 20.5. The molecule has 6 heterocycles. The van der Waals surface area contributed by atoms with Crippen LogP contribution in [-0.2, 0) is 27.3 Å². The van der Waals surface area contributed by atoms with Gasteiger partial charge in [0, 0.05) is 43.8 Å².